The summed E-state index contributed by atoms with van der Waals surface area (Å²) >= 11 is 0. The van der Waals surface area contributed by atoms with Gasteiger partial charge in [-0.3, -0.25) is 0 Å². The van der Waals surface area contributed by atoms with Crippen LogP contribution in [0.3, 0.4) is 0 Å². The van der Waals surface area contributed by atoms with Gasteiger partial charge < -0.3 is 10.4 Å². The number of nitrogens with one attached hydrogen (secondary N) is 1. The van der Waals surface area contributed by atoms with Gasteiger partial charge in [0.15, 0.2) is 0 Å². The molecule has 0 saturated heterocycles. The normalized spacial score (nSPS) is 18.9. The van der Waals surface area contributed by atoms with Crippen LogP contribution in [-0.2, 0) is 6.18 Å². The number of hydrogen-bond donors (Lipinski definition) is 2. The first-order chi connectivity index (χ1) is 9.38. The number of aliphatic hydroxyl groups is 1. The van der Waals surface area contributed by atoms with Crippen molar-refractivity contribution >= 4 is 0 Å². The van der Waals surface area contributed by atoms with Crippen LogP contribution >= 0.6 is 0 Å². The van der Waals surface area contributed by atoms with Crippen LogP contribution in [0.4, 0.5) is 13.2 Å². The molecule has 1 aromatic carbocycles. The van der Waals surface area contributed by atoms with E-state index in [-0.39, 0.29) is 23.6 Å². The molecule has 2 N–H and O–H groups in total. The van der Waals surface area contributed by atoms with Crippen LogP contribution in [0.5, 0.6) is 0 Å². The molecule has 0 heterocycles. The smallest absolute Gasteiger partial charge is 0.396 e. The molecule has 1 saturated carbocycles. The third-order valence-corrected chi connectivity index (χ3v) is 4.12. The fraction of sp³-hybridized carbons (Fsp3) is 0.600. The van der Waals surface area contributed by atoms with E-state index in [1.54, 1.807) is 13.0 Å². The maximum Gasteiger partial charge on any atom is 0.416 e. The first-order valence-electron chi connectivity index (χ1n) is 6.88. The molecule has 112 valence electrons. The Morgan fingerprint density at radius 3 is 2.50 bits per heavy atom. The molecule has 0 aliphatic heterocycles. The Hall–Kier alpha value is -1.07. The highest BCUT2D eigenvalue weighted by molar-refractivity contribution is 5.32. The van der Waals surface area contributed by atoms with Crippen LogP contribution in [0, 0.1) is 5.41 Å². The second kappa shape index (κ2) is 5.74. The largest absolute Gasteiger partial charge is 0.416 e. The molecule has 1 aromatic rings. The van der Waals surface area contributed by atoms with Crippen LogP contribution in [0.2, 0.25) is 0 Å². The Labute approximate surface area is 117 Å². The monoisotopic (exact) mass is 287 g/mol. The minimum absolute atomic E-state index is 0.0934. The van der Waals surface area contributed by atoms with Gasteiger partial charge in [0.05, 0.1) is 5.56 Å². The van der Waals surface area contributed by atoms with Crippen LogP contribution in [0.1, 0.15) is 43.4 Å². The third kappa shape index (κ3) is 3.52. The highest BCUT2D eigenvalue weighted by Gasteiger charge is 2.42. The highest BCUT2D eigenvalue weighted by atomic mass is 19.4. The van der Waals surface area contributed by atoms with E-state index in [0.29, 0.717) is 13.0 Å². The summed E-state index contributed by atoms with van der Waals surface area (Å²) in [5.41, 5.74) is -0.206. The summed E-state index contributed by atoms with van der Waals surface area (Å²) in [6.45, 7) is 2.54. The molecule has 0 aromatic heterocycles. The number of rotatable bonds is 6. The van der Waals surface area contributed by atoms with Gasteiger partial charge in [0.25, 0.3) is 0 Å². The maximum absolute atomic E-state index is 13.0. The summed E-state index contributed by atoms with van der Waals surface area (Å²) in [4.78, 5) is 0. The lowest BCUT2D eigenvalue weighted by Gasteiger charge is -2.22. The van der Waals surface area contributed by atoms with E-state index in [4.69, 9.17) is 5.11 Å². The van der Waals surface area contributed by atoms with E-state index >= 15 is 0 Å². The van der Waals surface area contributed by atoms with Gasteiger partial charge in [0.2, 0.25) is 0 Å². The molecule has 0 radical (unpaired) electrons. The molecule has 2 nitrogen and oxygen atoms in total. The standard InChI is InChI=1S/C15H20F3NO/c1-11(19-10-14(6-7-14)8-9-20)12-4-2-3-5-13(12)15(16,17)18/h2-5,11,19-20H,6-10H2,1H3. The topological polar surface area (TPSA) is 32.3 Å². The fourth-order valence-electron chi connectivity index (χ4n) is 2.54. The van der Waals surface area contributed by atoms with Crippen molar-refractivity contribution < 1.29 is 18.3 Å². The van der Waals surface area contributed by atoms with Crippen LogP contribution in [-0.4, -0.2) is 18.3 Å². The van der Waals surface area contributed by atoms with Crippen molar-refractivity contribution in [2.24, 2.45) is 5.41 Å². The Kier molecular flexibility index (Phi) is 4.39. The molecule has 1 unspecified atom stereocenters. The summed E-state index contributed by atoms with van der Waals surface area (Å²) < 4.78 is 38.9. The average molecular weight is 287 g/mol. The molecule has 0 amide bonds. The van der Waals surface area contributed by atoms with E-state index in [0.717, 1.165) is 18.9 Å². The van der Waals surface area contributed by atoms with E-state index in [9.17, 15) is 13.2 Å². The number of halogens is 3. The predicted molar refractivity (Wildman–Crippen MR) is 71.2 cm³/mol. The minimum atomic E-state index is -4.32. The molecule has 1 fully saturated rings. The van der Waals surface area contributed by atoms with Crippen molar-refractivity contribution in [2.45, 2.75) is 38.4 Å². The number of aliphatic hydroxyl groups excluding tert-OH is 1. The fourth-order valence-corrected chi connectivity index (χ4v) is 2.54. The lowest BCUT2D eigenvalue weighted by Crippen LogP contribution is -2.28. The summed E-state index contributed by atoms with van der Waals surface area (Å²) in [5, 5.41) is 12.2. The third-order valence-electron chi connectivity index (χ3n) is 4.12. The van der Waals surface area contributed by atoms with Crippen LogP contribution in [0.25, 0.3) is 0 Å². The Morgan fingerprint density at radius 2 is 1.95 bits per heavy atom. The summed E-state index contributed by atoms with van der Waals surface area (Å²) in [6, 6.07) is 5.32. The Morgan fingerprint density at radius 1 is 1.30 bits per heavy atom. The van der Waals surface area contributed by atoms with E-state index < -0.39 is 11.7 Å². The quantitative estimate of drug-likeness (QED) is 0.839. The highest BCUT2D eigenvalue weighted by Crippen LogP contribution is 2.48. The zero-order valence-electron chi connectivity index (χ0n) is 11.5. The van der Waals surface area contributed by atoms with E-state index in [1.807, 2.05) is 0 Å². The number of benzene rings is 1. The van der Waals surface area contributed by atoms with Gasteiger partial charge in [-0.15, -0.1) is 0 Å². The van der Waals surface area contributed by atoms with Crippen molar-refractivity contribution in [3.8, 4) is 0 Å². The Bertz CT molecular complexity index is 455. The van der Waals surface area contributed by atoms with Crippen molar-refractivity contribution in [1.82, 2.24) is 5.32 Å². The molecule has 1 atom stereocenters. The zero-order chi connectivity index (χ0) is 14.8. The van der Waals surface area contributed by atoms with Crippen LogP contribution < -0.4 is 5.32 Å². The van der Waals surface area contributed by atoms with E-state index in [2.05, 4.69) is 5.32 Å². The lowest BCUT2D eigenvalue weighted by molar-refractivity contribution is -0.138. The Balaban J connectivity index is 2.04. The van der Waals surface area contributed by atoms with Gasteiger partial charge in [-0.1, -0.05) is 18.2 Å². The van der Waals surface area contributed by atoms with Crippen molar-refractivity contribution in [3.63, 3.8) is 0 Å². The molecule has 0 spiro atoms. The molecule has 1 aliphatic rings. The second-order valence-electron chi connectivity index (χ2n) is 5.66. The maximum atomic E-state index is 13.0. The van der Waals surface area contributed by atoms with Crippen molar-refractivity contribution in [1.29, 1.82) is 0 Å². The van der Waals surface area contributed by atoms with Crippen LogP contribution in [0.15, 0.2) is 24.3 Å². The minimum Gasteiger partial charge on any atom is -0.396 e. The van der Waals surface area contributed by atoms with Crippen molar-refractivity contribution in [3.05, 3.63) is 35.4 Å². The van der Waals surface area contributed by atoms with Gasteiger partial charge in [-0.05, 0) is 43.2 Å². The first-order valence-corrected chi connectivity index (χ1v) is 6.88. The first kappa shape index (κ1) is 15.3. The summed E-state index contributed by atoms with van der Waals surface area (Å²) in [6.07, 6.45) is -1.54. The van der Waals surface area contributed by atoms with Gasteiger partial charge in [0, 0.05) is 19.2 Å². The zero-order valence-corrected chi connectivity index (χ0v) is 11.5. The lowest BCUT2D eigenvalue weighted by atomic mass is 9.98. The SMILES string of the molecule is CC(NCC1(CCO)CC1)c1ccccc1C(F)(F)F. The summed E-state index contributed by atoms with van der Waals surface area (Å²) in [5.74, 6) is 0. The van der Waals surface area contributed by atoms with Gasteiger partial charge in [-0.2, -0.15) is 13.2 Å². The molecular weight excluding hydrogens is 267 g/mol. The van der Waals surface area contributed by atoms with Gasteiger partial charge in [-0.25, -0.2) is 0 Å². The molecule has 20 heavy (non-hydrogen) atoms. The second-order valence-corrected chi connectivity index (χ2v) is 5.66. The number of alkyl halides is 3. The molecule has 2 rings (SSSR count). The predicted octanol–water partition coefficient (Wildman–Crippen LogP) is 3.52. The average Bonchev–Trinajstić information content (AvgIpc) is 3.16. The molecular formula is C15H20F3NO. The van der Waals surface area contributed by atoms with E-state index in [1.165, 1.54) is 12.1 Å². The molecule has 1 aliphatic carbocycles. The summed E-state index contributed by atoms with van der Waals surface area (Å²) in [7, 11) is 0. The number of hydrogen-bond acceptors (Lipinski definition) is 2. The van der Waals surface area contributed by atoms with Gasteiger partial charge >= 0.3 is 6.18 Å². The van der Waals surface area contributed by atoms with Gasteiger partial charge in [0.1, 0.15) is 0 Å². The van der Waals surface area contributed by atoms with Crippen molar-refractivity contribution in [2.75, 3.05) is 13.2 Å². The molecule has 5 heteroatoms. The molecule has 0 bridgehead atoms.